The fourth-order valence-electron chi connectivity index (χ4n) is 2.34. The lowest BCUT2D eigenvalue weighted by Gasteiger charge is -2.26. The van der Waals surface area contributed by atoms with E-state index in [0.717, 1.165) is 5.56 Å². The van der Waals surface area contributed by atoms with Gasteiger partial charge in [0.2, 0.25) is 0 Å². The zero-order valence-electron chi connectivity index (χ0n) is 12.9. The van der Waals surface area contributed by atoms with E-state index in [4.69, 9.17) is 15.2 Å². The van der Waals surface area contributed by atoms with E-state index in [1.165, 1.54) is 0 Å². The number of hydrogen-bond acceptors (Lipinski definition) is 4. The predicted octanol–water partition coefficient (Wildman–Crippen LogP) is 2.15. The van der Waals surface area contributed by atoms with Crippen molar-refractivity contribution in [2.45, 2.75) is 45.1 Å². The topological polar surface area (TPSA) is 64.8 Å². The van der Waals surface area contributed by atoms with Crippen molar-refractivity contribution >= 4 is 6.09 Å². The van der Waals surface area contributed by atoms with Crippen molar-refractivity contribution in [2.75, 3.05) is 13.1 Å². The van der Waals surface area contributed by atoms with Gasteiger partial charge >= 0.3 is 6.09 Å². The molecular weight excluding hydrogens is 268 g/mol. The minimum absolute atomic E-state index is 0.144. The third-order valence-electron chi connectivity index (χ3n) is 3.28. The fraction of sp³-hybridized carbons (Fsp3) is 0.562. The molecule has 1 aliphatic heterocycles. The first-order chi connectivity index (χ1) is 9.85. The summed E-state index contributed by atoms with van der Waals surface area (Å²) in [6.45, 7) is 7.17. The summed E-state index contributed by atoms with van der Waals surface area (Å²) in [5, 5.41) is 0. The molecule has 2 N–H and O–H groups in total. The molecule has 0 aliphatic carbocycles. The molecule has 2 rings (SSSR count). The van der Waals surface area contributed by atoms with Gasteiger partial charge in [-0.3, -0.25) is 0 Å². The van der Waals surface area contributed by atoms with Gasteiger partial charge in [0, 0.05) is 6.54 Å². The molecule has 0 radical (unpaired) electrons. The van der Waals surface area contributed by atoms with Gasteiger partial charge in [-0.2, -0.15) is 0 Å². The average molecular weight is 292 g/mol. The van der Waals surface area contributed by atoms with Crippen LogP contribution < -0.4 is 5.73 Å². The van der Waals surface area contributed by atoms with Crippen molar-refractivity contribution in [2.24, 2.45) is 5.73 Å². The molecule has 0 aromatic heterocycles. The maximum atomic E-state index is 12.1. The summed E-state index contributed by atoms with van der Waals surface area (Å²) >= 11 is 0. The van der Waals surface area contributed by atoms with Crippen LogP contribution in [0.1, 0.15) is 26.3 Å². The fourth-order valence-corrected chi connectivity index (χ4v) is 2.34. The standard InChI is InChI=1S/C16H24N2O3/c1-16(2,3)21-14-10-18(9-13(14)17)15(19)20-11-12-7-5-4-6-8-12/h4-8,13-14H,9-11,17H2,1-3H3/t13-,14-/m1/s1. The molecule has 0 spiro atoms. The summed E-state index contributed by atoms with van der Waals surface area (Å²) in [4.78, 5) is 13.7. The molecule has 0 saturated carbocycles. The monoisotopic (exact) mass is 292 g/mol. The second-order valence-corrected chi connectivity index (χ2v) is 6.38. The maximum Gasteiger partial charge on any atom is 0.410 e. The van der Waals surface area contributed by atoms with Gasteiger partial charge < -0.3 is 20.1 Å². The number of benzene rings is 1. The van der Waals surface area contributed by atoms with Gasteiger partial charge in [-0.1, -0.05) is 30.3 Å². The van der Waals surface area contributed by atoms with E-state index < -0.39 is 0 Å². The minimum Gasteiger partial charge on any atom is -0.445 e. The molecule has 2 atom stereocenters. The maximum absolute atomic E-state index is 12.1. The van der Waals surface area contributed by atoms with Crippen LogP contribution in [0.2, 0.25) is 0 Å². The normalized spacial score (nSPS) is 22.4. The van der Waals surface area contributed by atoms with Crippen LogP contribution in [0.3, 0.4) is 0 Å². The number of carbonyl (C=O) groups is 1. The Morgan fingerprint density at radius 1 is 1.29 bits per heavy atom. The lowest BCUT2D eigenvalue weighted by molar-refractivity contribution is -0.0590. The zero-order valence-corrected chi connectivity index (χ0v) is 12.9. The smallest absolute Gasteiger partial charge is 0.410 e. The van der Waals surface area contributed by atoms with Gasteiger partial charge in [0.25, 0.3) is 0 Å². The summed E-state index contributed by atoms with van der Waals surface area (Å²) in [5.74, 6) is 0. The highest BCUT2D eigenvalue weighted by atomic mass is 16.6. The third-order valence-corrected chi connectivity index (χ3v) is 3.28. The summed E-state index contributed by atoms with van der Waals surface area (Å²) < 4.78 is 11.2. The van der Waals surface area contributed by atoms with Crippen LogP contribution in [0.15, 0.2) is 30.3 Å². The molecule has 5 nitrogen and oxygen atoms in total. The number of nitrogens with zero attached hydrogens (tertiary/aromatic N) is 1. The SMILES string of the molecule is CC(C)(C)O[C@@H]1CN(C(=O)OCc2ccccc2)C[C@H]1N. The molecule has 116 valence electrons. The Kier molecular flexibility index (Phi) is 4.85. The second-order valence-electron chi connectivity index (χ2n) is 6.38. The van der Waals surface area contributed by atoms with Crippen LogP contribution >= 0.6 is 0 Å². The Labute approximate surface area is 126 Å². The molecule has 5 heteroatoms. The molecule has 1 heterocycles. The summed E-state index contributed by atoms with van der Waals surface area (Å²) in [7, 11) is 0. The Bertz CT molecular complexity index is 470. The van der Waals surface area contributed by atoms with Crippen molar-refractivity contribution < 1.29 is 14.3 Å². The molecule has 1 aliphatic rings. The van der Waals surface area contributed by atoms with Gasteiger partial charge in [0.05, 0.1) is 24.3 Å². The molecule has 1 aromatic carbocycles. The number of hydrogen-bond donors (Lipinski definition) is 1. The number of nitrogens with two attached hydrogens (primary N) is 1. The molecule has 1 aromatic rings. The highest BCUT2D eigenvalue weighted by Gasteiger charge is 2.36. The Morgan fingerprint density at radius 2 is 1.95 bits per heavy atom. The van der Waals surface area contributed by atoms with Crippen LogP contribution in [0.25, 0.3) is 0 Å². The van der Waals surface area contributed by atoms with Gasteiger partial charge in [-0.05, 0) is 26.3 Å². The summed E-state index contributed by atoms with van der Waals surface area (Å²) in [6.07, 6.45) is -0.483. The first-order valence-corrected chi connectivity index (χ1v) is 7.24. The van der Waals surface area contributed by atoms with Crippen LogP contribution in [-0.4, -0.2) is 41.8 Å². The van der Waals surface area contributed by atoms with Crippen LogP contribution in [-0.2, 0) is 16.1 Å². The van der Waals surface area contributed by atoms with Crippen LogP contribution in [0, 0.1) is 0 Å². The first kappa shape index (κ1) is 15.8. The Morgan fingerprint density at radius 3 is 2.57 bits per heavy atom. The van der Waals surface area contributed by atoms with E-state index in [2.05, 4.69) is 0 Å². The van der Waals surface area contributed by atoms with E-state index in [9.17, 15) is 4.79 Å². The highest BCUT2D eigenvalue weighted by Crippen LogP contribution is 2.19. The third kappa shape index (κ3) is 4.72. The summed E-state index contributed by atoms with van der Waals surface area (Å²) in [5.41, 5.74) is 6.74. The molecule has 0 bridgehead atoms. The quantitative estimate of drug-likeness (QED) is 0.927. The van der Waals surface area contributed by atoms with E-state index in [1.807, 2.05) is 51.1 Å². The largest absolute Gasteiger partial charge is 0.445 e. The molecule has 1 saturated heterocycles. The highest BCUT2D eigenvalue weighted by molar-refractivity contribution is 5.68. The number of carbonyl (C=O) groups excluding carboxylic acids is 1. The van der Waals surface area contributed by atoms with Gasteiger partial charge in [0.1, 0.15) is 6.61 Å². The van der Waals surface area contributed by atoms with E-state index in [-0.39, 0.29) is 30.4 Å². The zero-order chi connectivity index (χ0) is 15.5. The van der Waals surface area contributed by atoms with Crippen molar-refractivity contribution in [3.8, 4) is 0 Å². The predicted molar refractivity (Wildman–Crippen MR) is 80.8 cm³/mol. The van der Waals surface area contributed by atoms with Gasteiger partial charge in [0.15, 0.2) is 0 Å². The molecular formula is C16H24N2O3. The van der Waals surface area contributed by atoms with E-state index in [0.29, 0.717) is 13.1 Å². The van der Waals surface area contributed by atoms with Crippen LogP contribution in [0.4, 0.5) is 4.79 Å². The number of likely N-dealkylation sites (tertiary alicyclic amines) is 1. The first-order valence-electron chi connectivity index (χ1n) is 7.24. The Hall–Kier alpha value is -1.59. The van der Waals surface area contributed by atoms with E-state index >= 15 is 0 Å². The number of ether oxygens (including phenoxy) is 2. The lowest BCUT2D eigenvalue weighted by Crippen LogP contribution is -2.40. The molecule has 0 unspecified atom stereocenters. The second kappa shape index (κ2) is 6.45. The van der Waals surface area contributed by atoms with Crippen molar-refractivity contribution in [3.63, 3.8) is 0 Å². The molecule has 1 fully saturated rings. The number of amides is 1. The van der Waals surface area contributed by atoms with E-state index in [1.54, 1.807) is 4.90 Å². The summed E-state index contributed by atoms with van der Waals surface area (Å²) in [6, 6.07) is 9.44. The molecule has 1 amide bonds. The number of rotatable bonds is 3. The minimum atomic E-state index is -0.339. The van der Waals surface area contributed by atoms with Crippen molar-refractivity contribution in [3.05, 3.63) is 35.9 Å². The molecule has 21 heavy (non-hydrogen) atoms. The Balaban J connectivity index is 1.84. The van der Waals surface area contributed by atoms with Crippen molar-refractivity contribution in [1.82, 2.24) is 4.90 Å². The van der Waals surface area contributed by atoms with Crippen LogP contribution in [0.5, 0.6) is 0 Å². The van der Waals surface area contributed by atoms with Crippen molar-refractivity contribution in [1.29, 1.82) is 0 Å². The van der Waals surface area contributed by atoms with Gasteiger partial charge in [-0.15, -0.1) is 0 Å². The lowest BCUT2D eigenvalue weighted by atomic mass is 10.1. The van der Waals surface area contributed by atoms with Gasteiger partial charge in [-0.25, -0.2) is 4.79 Å². The average Bonchev–Trinajstić information content (AvgIpc) is 2.77.